The van der Waals surface area contributed by atoms with Crippen molar-refractivity contribution >= 4 is 11.6 Å². The first-order valence-corrected chi connectivity index (χ1v) is 7.13. The van der Waals surface area contributed by atoms with Crippen molar-refractivity contribution in [2.24, 2.45) is 0 Å². The Kier molecular flexibility index (Phi) is 6.57. The van der Waals surface area contributed by atoms with Gasteiger partial charge in [-0.05, 0) is 37.1 Å². The van der Waals surface area contributed by atoms with Crippen LogP contribution < -0.4 is 10.2 Å². The number of hydrogen-bond acceptors (Lipinski definition) is 2. The van der Waals surface area contributed by atoms with Gasteiger partial charge in [-0.15, -0.1) is 0 Å². The number of anilines is 1. The Labute approximate surface area is 117 Å². The summed E-state index contributed by atoms with van der Waals surface area (Å²) in [6.07, 6.45) is 2.50. The fourth-order valence-electron chi connectivity index (χ4n) is 1.90. The van der Waals surface area contributed by atoms with Crippen molar-refractivity contribution in [2.75, 3.05) is 18.5 Å². The van der Waals surface area contributed by atoms with Gasteiger partial charge in [0, 0.05) is 25.2 Å². The van der Waals surface area contributed by atoms with Gasteiger partial charge in [0.2, 0.25) is 5.91 Å². The molecule has 0 heterocycles. The molecule has 1 N–H and O–H groups in total. The largest absolute Gasteiger partial charge is 0.316 e. The van der Waals surface area contributed by atoms with Crippen LogP contribution in [-0.4, -0.2) is 25.5 Å². The second-order valence-corrected chi connectivity index (χ2v) is 5.19. The lowest BCUT2D eigenvalue weighted by Crippen LogP contribution is -2.28. The van der Waals surface area contributed by atoms with E-state index in [4.69, 9.17) is 0 Å². The summed E-state index contributed by atoms with van der Waals surface area (Å²) in [5.74, 6) is 0.176. The number of nitrogens with zero attached hydrogens (tertiary/aromatic N) is 1. The molecule has 0 aliphatic heterocycles. The van der Waals surface area contributed by atoms with Gasteiger partial charge >= 0.3 is 0 Å². The first kappa shape index (κ1) is 15.7. The quantitative estimate of drug-likeness (QED) is 0.766. The highest BCUT2D eigenvalue weighted by Gasteiger charge is 2.10. The summed E-state index contributed by atoms with van der Waals surface area (Å²) in [6, 6.07) is 8.68. The number of carbonyl (C=O) groups excluding carboxylic acids is 1. The Morgan fingerprint density at radius 2 is 1.89 bits per heavy atom. The van der Waals surface area contributed by atoms with Crippen LogP contribution in [0.2, 0.25) is 0 Å². The minimum absolute atomic E-state index is 0.176. The highest BCUT2D eigenvalue weighted by molar-refractivity contribution is 5.92. The monoisotopic (exact) mass is 262 g/mol. The molecule has 0 aromatic heterocycles. The zero-order valence-electron chi connectivity index (χ0n) is 12.6. The van der Waals surface area contributed by atoms with E-state index in [1.807, 2.05) is 19.2 Å². The van der Waals surface area contributed by atoms with Crippen LogP contribution in [0.3, 0.4) is 0 Å². The van der Waals surface area contributed by atoms with Gasteiger partial charge < -0.3 is 10.2 Å². The molecular formula is C16H26N2O. The molecule has 106 valence electrons. The Hall–Kier alpha value is -1.35. The predicted octanol–water partition coefficient (Wildman–Crippen LogP) is 2.99. The van der Waals surface area contributed by atoms with E-state index in [0.717, 1.165) is 25.1 Å². The van der Waals surface area contributed by atoms with E-state index >= 15 is 0 Å². The molecule has 0 unspecified atom stereocenters. The number of benzene rings is 1. The smallest absolute Gasteiger partial charge is 0.226 e. The van der Waals surface area contributed by atoms with Crippen LogP contribution >= 0.6 is 0 Å². The molecule has 3 heteroatoms. The zero-order valence-corrected chi connectivity index (χ0v) is 12.6. The standard InChI is InChI=1S/C16H26N2O/c1-5-14-8-10-15(11-9-14)18(4)16(19)7-6-12-17-13(2)3/h8-11,13,17H,5-7,12H2,1-4H3. The molecular weight excluding hydrogens is 236 g/mol. The van der Waals surface area contributed by atoms with Gasteiger partial charge in [0.15, 0.2) is 0 Å². The fourth-order valence-corrected chi connectivity index (χ4v) is 1.90. The Morgan fingerprint density at radius 3 is 2.42 bits per heavy atom. The van der Waals surface area contributed by atoms with E-state index < -0.39 is 0 Å². The summed E-state index contributed by atoms with van der Waals surface area (Å²) >= 11 is 0. The average molecular weight is 262 g/mol. The molecule has 0 radical (unpaired) electrons. The second-order valence-electron chi connectivity index (χ2n) is 5.19. The lowest BCUT2D eigenvalue weighted by atomic mass is 10.1. The molecule has 1 aromatic rings. The van der Waals surface area contributed by atoms with Crippen LogP contribution in [0, 0.1) is 0 Å². The topological polar surface area (TPSA) is 32.3 Å². The van der Waals surface area contributed by atoms with Crippen molar-refractivity contribution in [3.05, 3.63) is 29.8 Å². The molecule has 0 bridgehead atoms. The van der Waals surface area contributed by atoms with Crippen molar-refractivity contribution in [3.63, 3.8) is 0 Å². The fraction of sp³-hybridized carbons (Fsp3) is 0.562. The molecule has 0 atom stereocenters. The Balaban J connectivity index is 2.42. The molecule has 3 nitrogen and oxygen atoms in total. The molecule has 1 amide bonds. The number of carbonyl (C=O) groups is 1. The molecule has 0 saturated heterocycles. The van der Waals surface area contributed by atoms with Crippen molar-refractivity contribution in [3.8, 4) is 0 Å². The van der Waals surface area contributed by atoms with Crippen molar-refractivity contribution in [1.29, 1.82) is 0 Å². The van der Waals surface area contributed by atoms with Gasteiger partial charge in [-0.1, -0.05) is 32.9 Å². The molecule has 0 fully saturated rings. The van der Waals surface area contributed by atoms with E-state index in [0.29, 0.717) is 12.5 Å². The normalized spacial score (nSPS) is 10.8. The van der Waals surface area contributed by atoms with Crippen LogP contribution in [-0.2, 0) is 11.2 Å². The minimum atomic E-state index is 0.176. The molecule has 19 heavy (non-hydrogen) atoms. The maximum absolute atomic E-state index is 12.0. The van der Waals surface area contributed by atoms with E-state index in [9.17, 15) is 4.79 Å². The third kappa shape index (κ3) is 5.43. The number of amides is 1. The second kappa shape index (κ2) is 7.95. The number of hydrogen-bond donors (Lipinski definition) is 1. The zero-order chi connectivity index (χ0) is 14.3. The molecule has 0 aliphatic rings. The summed E-state index contributed by atoms with van der Waals surface area (Å²) in [4.78, 5) is 13.8. The van der Waals surface area contributed by atoms with Crippen molar-refractivity contribution in [1.82, 2.24) is 5.32 Å². The average Bonchev–Trinajstić information content (AvgIpc) is 2.42. The summed E-state index contributed by atoms with van der Waals surface area (Å²) in [5.41, 5.74) is 2.27. The van der Waals surface area contributed by atoms with E-state index in [-0.39, 0.29) is 5.91 Å². The lowest BCUT2D eigenvalue weighted by Gasteiger charge is -2.18. The van der Waals surface area contributed by atoms with Crippen LogP contribution in [0.1, 0.15) is 39.2 Å². The van der Waals surface area contributed by atoms with Gasteiger partial charge in [-0.3, -0.25) is 4.79 Å². The molecule has 1 aromatic carbocycles. The SMILES string of the molecule is CCc1ccc(N(C)C(=O)CCCNC(C)C)cc1. The summed E-state index contributed by atoms with van der Waals surface area (Å²) < 4.78 is 0. The summed E-state index contributed by atoms with van der Waals surface area (Å²) in [7, 11) is 1.85. The summed E-state index contributed by atoms with van der Waals surface area (Å²) in [6.45, 7) is 7.25. The highest BCUT2D eigenvalue weighted by atomic mass is 16.2. The first-order valence-electron chi connectivity index (χ1n) is 7.13. The number of nitrogens with one attached hydrogen (secondary N) is 1. The van der Waals surface area contributed by atoms with Crippen LogP contribution in [0.25, 0.3) is 0 Å². The predicted molar refractivity (Wildman–Crippen MR) is 81.6 cm³/mol. The maximum atomic E-state index is 12.0. The number of aryl methyl sites for hydroxylation is 1. The first-order chi connectivity index (χ1) is 9.04. The van der Waals surface area contributed by atoms with Gasteiger partial charge in [-0.2, -0.15) is 0 Å². The molecule has 0 spiro atoms. The minimum Gasteiger partial charge on any atom is -0.316 e. The van der Waals surface area contributed by atoms with Crippen LogP contribution in [0.4, 0.5) is 5.69 Å². The van der Waals surface area contributed by atoms with Gasteiger partial charge in [-0.25, -0.2) is 0 Å². The van der Waals surface area contributed by atoms with Crippen LogP contribution in [0.15, 0.2) is 24.3 Å². The van der Waals surface area contributed by atoms with E-state index in [1.54, 1.807) is 4.90 Å². The summed E-state index contributed by atoms with van der Waals surface area (Å²) in [5, 5.41) is 3.32. The van der Waals surface area contributed by atoms with Crippen LogP contribution in [0.5, 0.6) is 0 Å². The molecule has 1 rings (SSSR count). The maximum Gasteiger partial charge on any atom is 0.226 e. The van der Waals surface area contributed by atoms with Gasteiger partial charge in [0.05, 0.1) is 0 Å². The van der Waals surface area contributed by atoms with Gasteiger partial charge in [0.25, 0.3) is 0 Å². The third-order valence-electron chi connectivity index (χ3n) is 3.23. The van der Waals surface area contributed by atoms with Crippen molar-refractivity contribution in [2.45, 2.75) is 46.1 Å². The number of rotatable bonds is 7. The molecule has 0 saturated carbocycles. The van der Waals surface area contributed by atoms with Gasteiger partial charge in [0.1, 0.15) is 0 Å². The van der Waals surface area contributed by atoms with Crippen molar-refractivity contribution < 1.29 is 4.79 Å². The molecule has 0 aliphatic carbocycles. The van der Waals surface area contributed by atoms with E-state index in [1.165, 1.54) is 5.56 Å². The Morgan fingerprint density at radius 1 is 1.26 bits per heavy atom. The van der Waals surface area contributed by atoms with E-state index in [2.05, 4.69) is 38.2 Å². The third-order valence-corrected chi connectivity index (χ3v) is 3.23. The highest BCUT2D eigenvalue weighted by Crippen LogP contribution is 2.15. The lowest BCUT2D eigenvalue weighted by molar-refractivity contribution is -0.118. The Bertz CT molecular complexity index is 384.